The summed E-state index contributed by atoms with van der Waals surface area (Å²) in [7, 11) is -1.08. The van der Waals surface area contributed by atoms with Gasteiger partial charge in [-0.1, -0.05) is 19.8 Å². The molecule has 82 valence electrons. The summed E-state index contributed by atoms with van der Waals surface area (Å²) in [6.45, 7) is 10.00. The predicted molar refractivity (Wildman–Crippen MR) is 63.1 cm³/mol. The van der Waals surface area contributed by atoms with Crippen LogP contribution >= 0.6 is 0 Å². The number of terminal acetylenes is 1. The molecule has 0 fully saturated rings. The van der Waals surface area contributed by atoms with Gasteiger partial charge in [0.05, 0.1) is 21.8 Å². The van der Waals surface area contributed by atoms with Gasteiger partial charge in [-0.3, -0.25) is 0 Å². The fourth-order valence-corrected chi connectivity index (χ4v) is 1.70. The fourth-order valence-electron chi connectivity index (χ4n) is 0.928. The third kappa shape index (κ3) is 5.41. The van der Waals surface area contributed by atoms with Crippen molar-refractivity contribution in [3.63, 3.8) is 0 Å². The molecular weight excluding hydrogens is 194 g/mol. The van der Waals surface area contributed by atoms with Gasteiger partial charge in [0.2, 0.25) is 0 Å². The molecule has 0 aromatic rings. The zero-order chi connectivity index (χ0) is 11.4. The van der Waals surface area contributed by atoms with E-state index >= 15 is 0 Å². The third-order valence-corrected chi connectivity index (χ3v) is 3.32. The van der Waals surface area contributed by atoms with Crippen molar-refractivity contribution >= 4 is 11.0 Å². The molecular formula is C11H21NOS. The summed E-state index contributed by atoms with van der Waals surface area (Å²) in [4.78, 5) is 0. The van der Waals surface area contributed by atoms with Gasteiger partial charge in [-0.05, 0) is 33.1 Å². The Hall–Kier alpha value is -0.330. The first-order chi connectivity index (χ1) is 6.27. The van der Waals surface area contributed by atoms with Crippen molar-refractivity contribution in [1.29, 1.82) is 0 Å². The van der Waals surface area contributed by atoms with Crippen LogP contribution in [0.1, 0.15) is 41.0 Å². The van der Waals surface area contributed by atoms with E-state index in [-0.39, 0.29) is 10.8 Å². The van der Waals surface area contributed by atoms with E-state index in [1.807, 2.05) is 20.8 Å². The maximum absolute atomic E-state index is 11.7. The molecule has 0 aliphatic heterocycles. The first-order valence-electron chi connectivity index (χ1n) is 4.91. The van der Waals surface area contributed by atoms with Crippen LogP contribution in [0.5, 0.6) is 0 Å². The predicted octanol–water partition coefficient (Wildman–Crippen LogP) is 2.09. The Morgan fingerprint density at radius 3 is 2.21 bits per heavy atom. The molecule has 0 saturated carbocycles. The van der Waals surface area contributed by atoms with Gasteiger partial charge in [-0.25, -0.2) is 8.93 Å². The van der Waals surface area contributed by atoms with Crippen LogP contribution in [0.25, 0.3) is 0 Å². The Labute approximate surface area is 90.4 Å². The van der Waals surface area contributed by atoms with Crippen LogP contribution in [0.3, 0.4) is 0 Å². The molecule has 1 N–H and O–H groups in total. The van der Waals surface area contributed by atoms with E-state index in [1.54, 1.807) is 0 Å². The van der Waals surface area contributed by atoms with Crippen molar-refractivity contribution in [3.05, 3.63) is 0 Å². The minimum Gasteiger partial charge on any atom is -0.242 e. The smallest absolute Gasteiger partial charge is 0.0981 e. The normalized spacial score (nSPS) is 16.4. The Kier molecular flexibility index (Phi) is 5.40. The summed E-state index contributed by atoms with van der Waals surface area (Å²) in [6, 6.07) is -0.0879. The van der Waals surface area contributed by atoms with Crippen LogP contribution in [0.2, 0.25) is 0 Å². The van der Waals surface area contributed by atoms with Crippen LogP contribution in [-0.4, -0.2) is 15.0 Å². The lowest BCUT2D eigenvalue weighted by atomic mass is 10.1. The third-order valence-electron chi connectivity index (χ3n) is 1.71. The van der Waals surface area contributed by atoms with Gasteiger partial charge in [0.15, 0.2) is 0 Å². The van der Waals surface area contributed by atoms with Gasteiger partial charge in [-0.2, -0.15) is 0 Å². The molecule has 0 spiro atoms. The van der Waals surface area contributed by atoms with Crippen molar-refractivity contribution in [2.75, 3.05) is 0 Å². The van der Waals surface area contributed by atoms with E-state index in [0.717, 1.165) is 6.42 Å². The Bertz CT molecular complexity index is 235. The average Bonchev–Trinajstić information content (AvgIpc) is 2.00. The molecule has 0 aromatic heterocycles. The van der Waals surface area contributed by atoms with E-state index < -0.39 is 11.0 Å². The molecule has 0 saturated heterocycles. The maximum Gasteiger partial charge on any atom is 0.0981 e. The average molecular weight is 215 g/mol. The van der Waals surface area contributed by atoms with Crippen LogP contribution in [0.15, 0.2) is 0 Å². The maximum atomic E-state index is 11.7. The van der Waals surface area contributed by atoms with Crippen molar-refractivity contribution in [1.82, 2.24) is 4.72 Å². The molecule has 0 rings (SSSR count). The minimum atomic E-state index is -1.08. The summed E-state index contributed by atoms with van der Waals surface area (Å²) in [5.74, 6) is 3.15. The summed E-state index contributed by atoms with van der Waals surface area (Å²) < 4.78 is 14.4. The van der Waals surface area contributed by atoms with Crippen molar-refractivity contribution in [3.8, 4) is 12.3 Å². The number of rotatable bonds is 4. The highest BCUT2D eigenvalue weighted by Crippen LogP contribution is 2.11. The van der Waals surface area contributed by atoms with Gasteiger partial charge in [0, 0.05) is 0 Å². The van der Waals surface area contributed by atoms with Gasteiger partial charge < -0.3 is 0 Å². The highest BCUT2D eigenvalue weighted by atomic mass is 32.2. The Balaban J connectivity index is 4.22. The quantitative estimate of drug-likeness (QED) is 0.715. The Morgan fingerprint density at radius 2 is 1.93 bits per heavy atom. The van der Waals surface area contributed by atoms with Crippen molar-refractivity contribution in [2.45, 2.75) is 51.8 Å². The molecule has 0 unspecified atom stereocenters. The fraction of sp³-hybridized carbons (Fsp3) is 0.818. The molecule has 0 bridgehead atoms. The largest absolute Gasteiger partial charge is 0.242 e. The SMILES string of the molecule is C#C[C@H](CC(C)C)N[S@@](=O)C(C)(C)C. The summed E-state index contributed by atoms with van der Waals surface area (Å²) >= 11 is 0. The standard InChI is InChI=1S/C11H21NOS/c1-7-10(8-9(2)3)12-14(13)11(4,5)6/h1,9-10,12H,8H2,2-6H3/t10-,14+/m1/s1. The number of hydrogen-bond acceptors (Lipinski definition) is 1. The minimum absolute atomic E-state index is 0.0879. The highest BCUT2D eigenvalue weighted by molar-refractivity contribution is 7.84. The number of hydrogen-bond donors (Lipinski definition) is 1. The second-order valence-corrected chi connectivity index (χ2v) is 6.85. The molecule has 0 radical (unpaired) electrons. The molecule has 0 aliphatic rings. The Morgan fingerprint density at radius 1 is 1.43 bits per heavy atom. The first kappa shape index (κ1) is 13.7. The molecule has 0 aliphatic carbocycles. The zero-order valence-corrected chi connectivity index (χ0v) is 10.6. The monoisotopic (exact) mass is 215 g/mol. The van der Waals surface area contributed by atoms with Gasteiger partial charge >= 0.3 is 0 Å². The van der Waals surface area contributed by atoms with Crippen molar-refractivity contribution in [2.24, 2.45) is 5.92 Å². The topological polar surface area (TPSA) is 29.1 Å². The molecule has 3 heteroatoms. The van der Waals surface area contributed by atoms with E-state index in [0.29, 0.717) is 5.92 Å². The number of nitrogens with one attached hydrogen (secondary N) is 1. The molecule has 0 amide bonds. The van der Waals surface area contributed by atoms with Crippen LogP contribution in [0, 0.1) is 18.3 Å². The van der Waals surface area contributed by atoms with Gasteiger partial charge in [0.1, 0.15) is 0 Å². The van der Waals surface area contributed by atoms with E-state index in [2.05, 4.69) is 24.5 Å². The van der Waals surface area contributed by atoms with Crippen LogP contribution in [0.4, 0.5) is 0 Å². The molecule has 14 heavy (non-hydrogen) atoms. The van der Waals surface area contributed by atoms with Gasteiger partial charge in [-0.15, -0.1) is 6.42 Å². The second-order valence-electron chi connectivity index (χ2n) is 4.85. The van der Waals surface area contributed by atoms with Crippen LogP contribution in [-0.2, 0) is 11.0 Å². The molecule has 0 aromatic carbocycles. The highest BCUT2D eigenvalue weighted by Gasteiger charge is 2.22. The van der Waals surface area contributed by atoms with E-state index in [4.69, 9.17) is 6.42 Å². The van der Waals surface area contributed by atoms with E-state index in [9.17, 15) is 4.21 Å². The summed E-state index contributed by atoms with van der Waals surface area (Å²) in [5, 5.41) is 0. The lowest BCUT2D eigenvalue weighted by Crippen LogP contribution is -2.39. The van der Waals surface area contributed by atoms with Gasteiger partial charge in [0.25, 0.3) is 0 Å². The molecule has 2 atom stereocenters. The summed E-state index contributed by atoms with van der Waals surface area (Å²) in [6.07, 6.45) is 6.23. The lowest BCUT2D eigenvalue weighted by molar-refractivity contribution is 0.527. The molecule has 2 nitrogen and oxygen atoms in total. The first-order valence-corrected chi connectivity index (χ1v) is 6.06. The van der Waals surface area contributed by atoms with E-state index in [1.165, 1.54) is 0 Å². The zero-order valence-electron chi connectivity index (χ0n) is 9.76. The lowest BCUT2D eigenvalue weighted by Gasteiger charge is -2.22. The second kappa shape index (κ2) is 5.53. The van der Waals surface area contributed by atoms with Crippen LogP contribution < -0.4 is 4.72 Å². The molecule has 0 heterocycles. The van der Waals surface area contributed by atoms with Crippen molar-refractivity contribution < 1.29 is 4.21 Å². The summed E-state index contributed by atoms with van der Waals surface area (Å²) in [5.41, 5.74) is 0.